The number of hydrogen-bond donors (Lipinski definition) is 1. The van der Waals surface area contributed by atoms with Gasteiger partial charge in [0.05, 0.1) is 35.7 Å². The number of morpholine rings is 1. The van der Waals surface area contributed by atoms with Crippen LogP contribution in [0.25, 0.3) is 10.2 Å². The van der Waals surface area contributed by atoms with Crippen LogP contribution in [0.1, 0.15) is 49.5 Å². The minimum Gasteiger partial charge on any atom is -0.494 e. The van der Waals surface area contributed by atoms with E-state index in [4.69, 9.17) is 20.2 Å². The smallest absolute Gasteiger partial charge is 0.314 e. The third-order valence-corrected chi connectivity index (χ3v) is 8.75. The summed E-state index contributed by atoms with van der Waals surface area (Å²) in [4.78, 5) is 21.4. The molecular formula is C23H32N4O3S. The number of carbonyl (C=O) groups is 1. The van der Waals surface area contributed by atoms with Crippen molar-refractivity contribution in [2.24, 2.45) is 11.1 Å². The number of likely N-dealkylation sites (tertiary alicyclic amines) is 1. The first-order valence-corrected chi connectivity index (χ1v) is 12.3. The van der Waals surface area contributed by atoms with E-state index in [1.165, 1.54) is 42.5 Å². The molecule has 1 saturated carbocycles. The van der Waals surface area contributed by atoms with Gasteiger partial charge in [-0.3, -0.25) is 0 Å². The molecule has 3 aliphatic rings. The fourth-order valence-electron chi connectivity index (χ4n) is 5.79. The van der Waals surface area contributed by atoms with Gasteiger partial charge in [0.25, 0.3) is 0 Å². The lowest BCUT2D eigenvalue weighted by molar-refractivity contribution is 0.0572. The molecule has 2 aliphatic heterocycles. The number of aromatic nitrogens is 1. The number of urea groups is 1. The topological polar surface area (TPSA) is 80.9 Å². The number of amides is 2. The molecule has 0 radical (unpaired) electrons. The van der Waals surface area contributed by atoms with Crippen molar-refractivity contribution < 1.29 is 14.3 Å². The molecule has 1 unspecified atom stereocenters. The number of fused-ring (bicyclic) bond motifs is 1. The number of primary amides is 1. The van der Waals surface area contributed by atoms with Crippen LogP contribution in [0.2, 0.25) is 0 Å². The summed E-state index contributed by atoms with van der Waals surface area (Å²) in [5.74, 6) is 1.04. The number of rotatable bonds is 3. The predicted molar refractivity (Wildman–Crippen MR) is 123 cm³/mol. The number of nitrogens with two attached hydrogens (primary N) is 1. The van der Waals surface area contributed by atoms with Gasteiger partial charge in [0.15, 0.2) is 0 Å². The Labute approximate surface area is 187 Å². The van der Waals surface area contributed by atoms with Crippen molar-refractivity contribution in [2.75, 3.05) is 51.4 Å². The van der Waals surface area contributed by atoms with Crippen LogP contribution in [-0.4, -0.2) is 62.4 Å². The number of anilines is 1. The molecule has 2 N–H and O–H groups in total. The average Bonchev–Trinajstić information content (AvgIpc) is 3.25. The molecule has 31 heavy (non-hydrogen) atoms. The minimum absolute atomic E-state index is 0.227. The van der Waals surface area contributed by atoms with Crippen molar-refractivity contribution in [3.63, 3.8) is 0 Å². The molecule has 5 rings (SSSR count). The minimum atomic E-state index is -0.316. The molecule has 168 valence electrons. The summed E-state index contributed by atoms with van der Waals surface area (Å²) in [6.07, 6.45) is 7.29. The number of nitrogens with zero attached hydrogens (tertiary/aromatic N) is 3. The molecule has 2 aromatic rings. The number of methoxy groups -OCH3 is 1. The Morgan fingerprint density at radius 3 is 2.68 bits per heavy atom. The van der Waals surface area contributed by atoms with E-state index in [2.05, 4.69) is 11.0 Å². The van der Waals surface area contributed by atoms with Gasteiger partial charge in [-0.15, -0.1) is 11.3 Å². The zero-order valence-corrected chi connectivity index (χ0v) is 19.1. The fourth-order valence-corrected chi connectivity index (χ4v) is 7.14. The van der Waals surface area contributed by atoms with Gasteiger partial charge < -0.3 is 25.0 Å². The van der Waals surface area contributed by atoms with E-state index in [1.807, 2.05) is 11.0 Å². The van der Waals surface area contributed by atoms with Gasteiger partial charge >= 0.3 is 6.03 Å². The number of thiazole rings is 1. The highest BCUT2D eigenvalue weighted by molar-refractivity contribution is 7.19. The third-order valence-electron chi connectivity index (χ3n) is 7.55. The number of ether oxygens (including phenoxy) is 2. The Hall–Kier alpha value is -2.06. The Morgan fingerprint density at radius 2 is 1.97 bits per heavy atom. The van der Waals surface area contributed by atoms with E-state index in [0.717, 1.165) is 55.5 Å². The maximum atomic E-state index is 12.0. The molecule has 3 fully saturated rings. The molecule has 0 bridgehead atoms. The fraction of sp³-hybridized carbons (Fsp3) is 0.652. The standard InChI is InChI=1S/C23H32N4O3S/c1-29-18-6-5-17(26-11-13-30-14-12-26)20-19(18)25-21(31-20)16-15-27(22(24)28)10-9-23(16)7-3-2-4-8-23/h5-6,16H,2-4,7-15H2,1H3,(H2,24,28). The van der Waals surface area contributed by atoms with Crippen LogP contribution in [0.4, 0.5) is 10.5 Å². The maximum absolute atomic E-state index is 12.0. The number of piperidine rings is 1. The molecular weight excluding hydrogens is 412 g/mol. The summed E-state index contributed by atoms with van der Waals surface area (Å²) in [5, 5.41) is 1.13. The molecule has 2 amide bonds. The van der Waals surface area contributed by atoms with Crippen molar-refractivity contribution in [1.29, 1.82) is 0 Å². The van der Waals surface area contributed by atoms with E-state index in [1.54, 1.807) is 18.4 Å². The van der Waals surface area contributed by atoms with Crippen LogP contribution < -0.4 is 15.4 Å². The van der Waals surface area contributed by atoms with Crippen LogP contribution in [0.15, 0.2) is 12.1 Å². The van der Waals surface area contributed by atoms with E-state index in [-0.39, 0.29) is 17.4 Å². The van der Waals surface area contributed by atoms with Gasteiger partial charge in [-0.05, 0) is 36.8 Å². The molecule has 1 aromatic carbocycles. The van der Waals surface area contributed by atoms with Gasteiger partial charge in [-0.1, -0.05) is 19.3 Å². The highest BCUT2D eigenvalue weighted by Crippen LogP contribution is 2.54. The molecule has 1 atom stereocenters. The normalized spacial score (nSPS) is 24.0. The summed E-state index contributed by atoms with van der Waals surface area (Å²) < 4.78 is 12.4. The second-order valence-electron chi connectivity index (χ2n) is 9.13. The molecule has 1 aliphatic carbocycles. The van der Waals surface area contributed by atoms with E-state index in [0.29, 0.717) is 6.54 Å². The summed E-state index contributed by atoms with van der Waals surface area (Å²) in [6, 6.07) is 3.87. The predicted octanol–water partition coefficient (Wildman–Crippen LogP) is 3.96. The van der Waals surface area contributed by atoms with Crippen LogP contribution in [0.5, 0.6) is 5.75 Å². The van der Waals surface area contributed by atoms with Crippen molar-refractivity contribution in [2.45, 2.75) is 44.4 Å². The molecule has 1 aromatic heterocycles. The molecule has 1 spiro atoms. The largest absolute Gasteiger partial charge is 0.494 e. The second kappa shape index (κ2) is 8.47. The van der Waals surface area contributed by atoms with Crippen molar-refractivity contribution in [3.8, 4) is 5.75 Å². The van der Waals surface area contributed by atoms with Crippen LogP contribution in [-0.2, 0) is 4.74 Å². The first-order chi connectivity index (χ1) is 15.1. The lowest BCUT2D eigenvalue weighted by atomic mass is 9.62. The zero-order chi connectivity index (χ0) is 21.4. The van der Waals surface area contributed by atoms with Crippen molar-refractivity contribution in [3.05, 3.63) is 17.1 Å². The molecule has 7 nitrogen and oxygen atoms in total. The van der Waals surface area contributed by atoms with Gasteiger partial charge in [0.1, 0.15) is 11.3 Å². The van der Waals surface area contributed by atoms with Crippen LogP contribution >= 0.6 is 11.3 Å². The lowest BCUT2D eigenvalue weighted by Gasteiger charge is -2.49. The lowest BCUT2D eigenvalue weighted by Crippen LogP contribution is -2.50. The summed E-state index contributed by atoms with van der Waals surface area (Å²) in [7, 11) is 1.71. The van der Waals surface area contributed by atoms with Gasteiger partial charge in [-0.2, -0.15) is 0 Å². The summed E-state index contributed by atoms with van der Waals surface area (Å²) >= 11 is 1.78. The van der Waals surface area contributed by atoms with Crippen molar-refractivity contribution in [1.82, 2.24) is 9.88 Å². The Kier molecular flexibility index (Phi) is 5.69. The molecule has 2 saturated heterocycles. The van der Waals surface area contributed by atoms with E-state index in [9.17, 15) is 4.79 Å². The zero-order valence-electron chi connectivity index (χ0n) is 18.3. The summed E-state index contributed by atoms with van der Waals surface area (Å²) in [5.41, 5.74) is 8.08. The Morgan fingerprint density at radius 1 is 1.19 bits per heavy atom. The summed E-state index contributed by atoms with van der Waals surface area (Å²) in [6.45, 7) is 4.70. The second-order valence-corrected chi connectivity index (χ2v) is 10.2. The average molecular weight is 445 g/mol. The van der Waals surface area contributed by atoms with E-state index < -0.39 is 0 Å². The van der Waals surface area contributed by atoms with E-state index >= 15 is 0 Å². The maximum Gasteiger partial charge on any atom is 0.314 e. The monoisotopic (exact) mass is 444 g/mol. The van der Waals surface area contributed by atoms with Gasteiger partial charge in [0.2, 0.25) is 0 Å². The SMILES string of the molecule is COc1ccc(N2CCOCC2)c2sc(C3CN(C(N)=O)CCC34CCCCC4)nc12. The number of carbonyl (C=O) groups excluding carboxylic acids is 1. The highest BCUT2D eigenvalue weighted by Gasteiger charge is 2.46. The van der Waals surface area contributed by atoms with Gasteiger partial charge in [-0.25, -0.2) is 9.78 Å². The first kappa shape index (κ1) is 20.8. The number of hydrogen-bond acceptors (Lipinski definition) is 6. The van der Waals surface area contributed by atoms with Crippen LogP contribution in [0, 0.1) is 5.41 Å². The quantitative estimate of drug-likeness (QED) is 0.775. The molecule has 3 heterocycles. The third kappa shape index (κ3) is 3.74. The highest BCUT2D eigenvalue weighted by atomic mass is 32.1. The molecule has 8 heteroatoms. The number of benzene rings is 1. The first-order valence-electron chi connectivity index (χ1n) is 11.5. The Balaban J connectivity index is 1.59. The van der Waals surface area contributed by atoms with Gasteiger partial charge in [0, 0.05) is 32.1 Å². The van der Waals surface area contributed by atoms with Crippen molar-refractivity contribution >= 4 is 33.3 Å². The van der Waals surface area contributed by atoms with Crippen LogP contribution in [0.3, 0.4) is 0 Å². The Bertz CT molecular complexity index is 950.